The summed E-state index contributed by atoms with van der Waals surface area (Å²) in [5.41, 5.74) is 1.59. The van der Waals surface area contributed by atoms with Gasteiger partial charge in [0.15, 0.2) is 11.4 Å². The zero-order valence-electron chi connectivity index (χ0n) is 22.4. The van der Waals surface area contributed by atoms with E-state index in [0.29, 0.717) is 11.3 Å². The molecule has 2 amide bonds. The van der Waals surface area contributed by atoms with Crippen LogP contribution in [-0.2, 0) is 14.3 Å². The molecule has 0 saturated heterocycles. The third kappa shape index (κ3) is 3.98. The summed E-state index contributed by atoms with van der Waals surface area (Å²) in [4.78, 5) is 54.5. The molecular weight excluding hydrogens is 534 g/mol. The molecule has 12 heteroatoms. The van der Waals surface area contributed by atoms with Crippen molar-refractivity contribution in [3.05, 3.63) is 82.3 Å². The molecule has 0 saturated carbocycles. The normalized spacial score (nSPS) is 29.0. The third-order valence-corrected chi connectivity index (χ3v) is 8.23. The largest absolute Gasteiger partial charge is 0.510 e. The Morgan fingerprint density at radius 3 is 2.29 bits per heavy atom. The fourth-order valence-corrected chi connectivity index (χ4v) is 6.49. The molecule has 5 rings (SSSR count). The number of phenolic OH excluding ortho intramolecular Hbond substituents is 1. The van der Waals surface area contributed by atoms with Crippen LogP contribution in [-0.4, -0.2) is 80.7 Å². The lowest BCUT2D eigenvalue weighted by atomic mass is 9.55. The molecule has 41 heavy (non-hydrogen) atoms. The maximum absolute atomic E-state index is 13.8. The van der Waals surface area contributed by atoms with Gasteiger partial charge in [-0.1, -0.05) is 37.3 Å². The first-order valence-electron chi connectivity index (χ1n) is 12.8. The Kier molecular flexibility index (Phi) is 6.63. The number of ether oxygens (including phenoxy) is 1. The lowest BCUT2D eigenvalue weighted by Crippen LogP contribution is -2.69. The fraction of sp³-hybridized carbons (Fsp3) is 0.310. The molecule has 12 nitrogen and oxygen atoms in total. The topological polar surface area (TPSA) is 200 Å². The number of hydrogen-bond acceptors (Lipinski definition) is 10. The third-order valence-electron chi connectivity index (χ3n) is 8.23. The highest BCUT2D eigenvalue weighted by atomic mass is 16.6. The van der Waals surface area contributed by atoms with Gasteiger partial charge in [-0.3, -0.25) is 24.6 Å². The van der Waals surface area contributed by atoms with Crippen LogP contribution < -0.4 is 11.1 Å². The maximum atomic E-state index is 13.8. The number of fused-ring (bicyclic) bond motifs is 3. The number of aliphatic hydroxyl groups excluding tert-OH is 2. The minimum Gasteiger partial charge on any atom is -0.510 e. The molecule has 3 aliphatic rings. The number of ketones is 2. The monoisotopic (exact) mass is 563 g/mol. The number of phenols is 1. The van der Waals surface area contributed by atoms with Crippen LogP contribution in [0.5, 0.6) is 5.75 Å². The van der Waals surface area contributed by atoms with Gasteiger partial charge in [-0.2, -0.15) is 0 Å². The number of likely N-dealkylation sites (N-methyl/N-ethyl adjacent to an activating group) is 1. The van der Waals surface area contributed by atoms with Gasteiger partial charge in [0.05, 0.1) is 17.5 Å². The van der Waals surface area contributed by atoms with Crippen LogP contribution in [0.15, 0.2) is 71.2 Å². The highest BCUT2D eigenvalue weighted by Gasteiger charge is 2.68. The summed E-state index contributed by atoms with van der Waals surface area (Å²) in [5.74, 6) is -9.37. The minimum absolute atomic E-state index is 0.145. The molecule has 0 bridgehead atoms. The second-order valence-electron chi connectivity index (χ2n) is 10.7. The van der Waals surface area contributed by atoms with Crippen LogP contribution in [0.2, 0.25) is 0 Å². The minimum atomic E-state index is -3.01. The Morgan fingerprint density at radius 1 is 1.02 bits per heavy atom. The summed E-state index contributed by atoms with van der Waals surface area (Å²) in [6, 6.07) is 11.3. The molecule has 0 aromatic heterocycles. The van der Waals surface area contributed by atoms with Gasteiger partial charge in [0, 0.05) is 17.2 Å². The molecule has 6 atom stereocenters. The van der Waals surface area contributed by atoms with Crippen molar-refractivity contribution in [1.82, 2.24) is 4.90 Å². The number of carbonyl (C=O) groups excluding carboxylic acids is 4. The number of para-hydroxylation sites is 1. The number of aliphatic hydroxyl groups is 3. The number of amides is 2. The number of hydrogen-bond donors (Lipinski definition) is 6. The second-order valence-corrected chi connectivity index (χ2v) is 10.7. The highest BCUT2D eigenvalue weighted by Crippen LogP contribution is 2.56. The average Bonchev–Trinajstić information content (AvgIpc) is 2.90. The van der Waals surface area contributed by atoms with E-state index in [-0.39, 0.29) is 11.3 Å². The van der Waals surface area contributed by atoms with Gasteiger partial charge in [0.2, 0.25) is 5.78 Å². The van der Waals surface area contributed by atoms with Crippen LogP contribution in [0.4, 0.5) is 10.5 Å². The fourth-order valence-electron chi connectivity index (χ4n) is 6.49. The van der Waals surface area contributed by atoms with E-state index in [1.54, 1.807) is 43.3 Å². The second kappa shape index (κ2) is 9.75. The number of nitrogens with one attached hydrogen (secondary N) is 1. The Labute approximate surface area is 234 Å². The SMILES string of the molecule is CC1c2cccc(O)c2C(=O)C2=C(O)C3(O)C(=O)C(C(N)=O)=C(O)C(N(C)C)C3C(OC(=O)Nc3ccccc3)C21. The van der Waals surface area contributed by atoms with E-state index in [0.717, 1.165) is 0 Å². The van der Waals surface area contributed by atoms with E-state index in [1.165, 1.54) is 31.1 Å². The van der Waals surface area contributed by atoms with Gasteiger partial charge < -0.3 is 30.9 Å². The Bertz CT molecular complexity index is 1550. The standard InChI is InChI=1S/C29H29N3O9/c1-12-14-10-7-11-15(33)17(14)22(34)18-16(12)24(41-28(39)31-13-8-5-4-6-9-13)20-21(32(2)3)23(35)19(27(30)38)26(37)29(20,40)25(18)36/h4-12,16,20-21,24,33,35-36,40H,1-3H3,(H2,30,38)(H,31,39). The van der Waals surface area contributed by atoms with Crippen LogP contribution in [0, 0.1) is 11.8 Å². The predicted octanol–water partition coefficient (Wildman–Crippen LogP) is 1.91. The number of aromatic hydroxyl groups is 1. The summed E-state index contributed by atoms with van der Waals surface area (Å²) < 4.78 is 5.89. The first kappa shape index (κ1) is 27.9. The van der Waals surface area contributed by atoms with Gasteiger partial charge in [0.1, 0.15) is 28.9 Å². The van der Waals surface area contributed by atoms with Gasteiger partial charge in [-0.25, -0.2) is 4.79 Å². The van der Waals surface area contributed by atoms with Crippen molar-refractivity contribution in [3.8, 4) is 5.75 Å². The van der Waals surface area contributed by atoms with Crippen LogP contribution in [0.3, 0.4) is 0 Å². The molecule has 0 spiro atoms. The molecule has 0 heterocycles. The van der Waals surface area contributed by atoms with Crippen molar-refractivity contribution < 1.29 is 44.3 Å². The molecule has 7 N–H and O–H groups in total. The molecule has 6 unspecified atom stereocenters. The Hall–Kier alpha value is -4.68. The van der Waals surface area contributed by atoms with E-state index < -0.39 is 81.7 Å². The van der Waals surface area contributed by atoms with Crippen molar-refractivity contribution in [3.63, 3.8) is 0 Å². The summed E-state index contributed by atoms with van der Waals surface area (Å²) in [6.07, 6.45) is -2.52. The number of anilines is 1. The number of benzene rings is 2. The predicted molar refractivity (Wildman–Crippen MR) is 144 cm³/mol. The number of nitrogens with two attached hydrogens (primary N) is 1. The molecule has 3 aliphatic carbocycles. The molecule has 214 valence electrons. The van der Waals surface area contributed by atoms with Gasteiger partial charge in [0.25, 0.3) is 5.91 Å². The van der Waals surface area contributed by atoms with Gasteiger partial charge in [-0.15, -0.1) is 0 Å². The molecule has 2 aromatic rings. The van der Waals surface area contributed by atoms with E-state index in [4.69, 9.17) is 10.5 Å². The summed E-state index contributed by atoms with van der Waals surface area (Å²) >= 11 is 0. The van der Waals surface area contributed by atoms with Crippen molar-refractivity contribution in [2.75, 3.05) is 19.4 Å². The number of nitrogens with zero attached hydrogens (tertiary/aromatic N) is 1. The molecule has 2 aromatic carbocycles. The van der Waals surface area contributed by atoms with E-state index in [1.807, 2.05) is 0 Å². The van der Waals surface area contributed by atoms with E-state index >= 15 is 0 Å². The van der Waals surface area contributed by atoms with Crippen molar-refractivity contribution in [2.45, 2.75) is 30.6 Å². The van der Waals surface area contributed by atoms with Gasteiger partial charge >= 0.3 is 6.09 Å². The van der Waals surface area contributed by atoms with E-state index in [9.17, 15) is 39.6 Å². The summed E-state index contributed by atoms with van der Waals surface area (Å²) in [5, 5.41) is 47.9. The van der Waals surface area contributed by atoms with Crippen molar-refractivity contribution in [1.29, 1.82) is 0 Å². The molecule has 0 fully saturated rings. The van der Waals surface area contributed by atoms with Crippen LogP contribution in [0.1, 0.15) is 28.8 Å². The number of carbonyl (C=O) groups is 4. The first-order valence-corrected chi connectivity index (χ1v) is 12.8. The van der Waals surface area contributed by atoms with Crippen LogP contribution in [0.25, 0.3) is 0 Å². The van der Waals surface area contributed by atoms with Crippen molar-refractivity contribution in [2.24, 2.45) is 17.6 Å². The van der Waals surface area contributed by atoms with Crippen molar-refractivity contribution >= 4 is 29.3 Å². The Balaban J connectivity index is 1.77. The molecule has 0 aliphatic heterocycles. The zero-order valence-corrected chi connectivity index (χ0v) is 22.4. The van der Waals surface area contributed by atoms with Crippen LogP contribution >= 0.6 is 0 Å². The average molecular weight is 564 g/mol. The lowest BCUT2D eigenvalue weighted by Gasteiger charge is -2.54. The van der Waals surface area contributed by atoms with E-state index in [2.05, 4.69) is 5.32 Å². The highest BCUT2D eigenvalue weighted by molar-refractivity contribution is 6.25. The molecular formula is C29H29N3O9. The van der Waals surface area contributed by atoms with Gasteiger partial charge in [-0.05, 0) is 43.8 Å². The number of primary amides is 1. The molecule has 0 radical (unpaired) electrons. The quantitative estimate of drug-likeness (QED) is 0.299. The Morgan fingerprint density at radius 2 is 1.68 bits per heavy atom. The number of rotatable bonds is 4. The first-order chi connectivity index (χ1) is 19.3. The lowest BCUT2D eigenvalue weighted by molar-refractivity contribution is -0.162. The summed E-state index contributed by atoms with van der Waals surface area (Å²) in [6.45, 7) is 1.68. The number of Topliss-reactive ketones (excluding diaryl/α,β-unsaturated/α-hetero) is 2. The summed E-state index contributed by atoms with van der Waals surface area (Å²) in [7, 11) is 2.96. The zero-order chi connectivity index (χ0) is 30.0. The maximum Gasteiger partial charge on any atom is 0.411 e. The smallest absolute Gasteiger partial charge is 0.411 e.